The maximum absolute atomic E-state index is 12.8. The molecule has 3 rings (SSSR count). The van der Waals surface area contributed by atoms with Crippen LogP contribution in [0.5, 0.6) is 5.75 Å². The summed E-state index contributed by atoms with van der Waals surface area (Å²) in [6.45, 7) is 2.91. The van der Waals surface area contributed by atoms with E-state index in [1.165, 1.54) is 28.6 Å². The Balaban J connectivity index is 1.91. The molecule has 2 aromatic carbocycles. The first-order valence-corrected chi connectivity index (χ1v) is 9.77. The average molecular weight is 386 g/mol. The molecule has 0 amide bonds. The lowest BCUT2D eigenvalue weighted by Gasteiger charge is -2.26. The van der Waals surface area contributed by atoms with Gasteiger partial charge in [0.05, 0.1) is 29.2 Å². The van der Waals surface area contributed by atoms with Gasteiger partial charge in [-0.25, -0.2) is 13.2 Å². The second-order valence-electron chi connectivity index (χ2n) is 5.99. The summed E-state index contributed by atoms with van der Waals surface area (Å²) in [4.78, 5) is 12.6. The van der Waals surface area contributed by atoms with Gasteiger partial charge in [-0.1, -0.05) is 18.2 Å². The van der Waals surface area contributed by atoms with Gasteiger partial charge in [0.2, 0.25) is 10.0 Å². The normalized spacial score (nSPS) is 15.1. The number of ether oxygens (including phenoxy) is 2. The van der Waals surface area contributed by atoms with E-state index >= 15 is 0 Å². The second kappa shape index (κ2) is 7.88. The van der Waals surface area contributed by atoms with E-state index in [-0.39, 0.29) is 34.9 Å². The molecular formula is C19H18N2O5S. The Morgan fingerprint density at radius 2 is 1.89 bits per heavy atom. The highest BCUT2D eigenvalue weighted by Crippen LogP contribution is 2.23. The van der Waals surface area contributed by atoms with Crippen LogP contribution in [0.4, 0.5) is 0 Å². The van der Waals surface area contributed by atoms with E-state index in [1.807, 2.05) is 6.07 Å². The summed E-state index contributed by atoms with van der Waals surface area (Å²) in [5.41, 5.74) is 0.938. The number of carbonyl (C=O) groups excluding carboxylic acids is 1. The Hall–Kier alpha value is -2.73. The minimum Gasteiger partial charge on any atom is -0.422 e. The highest BCUT2D eigenvalue weighted by Gasteiger charge is 2.27. The van der Waals surface area contributed by atoms with Gasteiger partial charge in [0, 0.05) is 13.1 Å². The van der Waals surface area contributed by atoms with E-state index < -0.39 is 16.0 Å². The smallest absolute Gasteiger partial charge is 0.343 e. The number of aryl methyl sites for hydroxylation is 1. The lowest BCUT2D eigenvalue weighted by Crippen LogP contribution is -2.40. The number of hydrogen-bond donors (Lipinski definition) is 0. The predicted molar refractivity (Wildman–Crippen MR) is 96.9 cm³/mol. The number of morpholine rings is 1. The number of sulfonamides is 1. The van der Waals surface area contributed by atoms with Gasteiger partial charge in [0.1, 0.15) is 11.8 Å². The van der Waals surface area contributed by atoms with Crippen molar-refractivity contribution in [3.8, 4) is 11.8 Å². The number of carbonyl (C=O) groups is 1. The van der Waals surface area contributed by atoms with Crippen molar-refractivity contribution in [3.05, 3.63) is 59.2 Å². The molecule has 0 aromatic heterocycles. The lowest BCUT2D eigenvalue weighted by atomic mass is 10.1. The SMILES string of the molecule is Cc1ccc(S(=O)(=O)N2CCOCC2)cc1C(=O)Oc1ccccc1C#N. The standard InChI is InChI=1S/C19H18N2O5S/c1-14-6-7-16(27(23,24)21-8-10-25-11-9-21)12-17(14)19(22)26-18-5-3-2-4-15(18)13-20/h2-7,12H,8-11H2,1H3. The number of para-hydroxylation sites is 1. The molecule has 1 aliphatic rings. The molecule has 1 saturated heterocycles. The molecule has 140 valence electrons. The zero-order valence-corrected chi connectivity index (χ0v) is 15.5. The minimum atomic E-state index is -3.73. The third kappa shape index (κ3) is 4.01. The summed E-state index contributed by atoms with van der Waals surface area (Å²) in [5.74, 6) is -0.583. The van der Waals surface area contributed by atoms with Crippen molar-refractivity contribution in [2.75, 3.05) is 26.3 Å². The molecule has 0 atom stereocenters. The fourth-order valence-corrected chi connectivity index (χ4v) is 4.16. The van der Waals surface area contributed by atoms with Crippen LogP contribution in [-0.2, 0) is 14.8 Å². The van der Waals surface area contributed by atoms with E-state index in [2.05, 4.69) is 0 Å². The monoisotopic (exact) mass is 386 g/mol. The van der Waals surface area contributed by atoms with Crippen molar-refractivity contribution >= 4 is 16.0 Å². The Morgan fingerprint density at radius 3 is 2.59 bits per heavy atom. The van der Waals surface area contributed by atoms with Crippen molar-refractivity contribution in [1.29, 1.82) is 5.26 Å². The molecule has 0 unspecified atom stereocenters. The first-order chi connectivity index (χ1) is 12.9. The molecule has 27 heavy (non-hydrogen) atoms. The summed E-state index contributed by atoms with van der Waals surface area (Å²) in [6.07, 6.45) is 0. The number of esters is 1. The van der Waals surface area contributed by atoms with E-state index in [1.54, 1.807) is 25.1 Å². The number of nitriles is 1. The van der Waals surface area contributed by atoms with Crippen LogP contribution >= 0.6 is 0 Å². The molecule has 8 heteroatoms. The Kier molecular flexibility index (Phi) is 5.56. The molecule has 0 bridgehead atoms. The average Bonchev–Trinajstić information content (AvgIpc) is 2.69. The Labute approximate surface area is 157 Å². The van der Waals surface area contributed by atoms with Crippen LogP contribution in [0.15, 0.2) is 47.4 Å². The molecule has 2 aromatic rings. The zero-order chi connectivity index (χ0) is 19.4. The van der Waals surface area contributed by atoms with Gasteiger partial charge >= 0.3 is 5.97 Å². The molecular weight excluding hydrogens is 368 g/mol. The quantitative estimate of drug-likeness (QED) is 0.590. The van der Waals surface area contributed by atoms with Gasteiger partial charge in [-0.15, -0.1) is 0 Å². The van der Waals surface area contributed by atoms with Gasteiger partial charge in [-0.05, 0) is 36.8 Å². The topological polar surface area (TPSA) is 96.7 Å². The second-order valence-corrected chi connectivity index (χ2v) is 7.93. The predicted octanol–water partition coefficient (Wildman–Crippen LogP) is 2.11. The minimum absolute atomic E-state index is 0.0236. The summed E-state index contributed by atoms with van der Waals surface area (Å²) < 4.78 is 37.5. The first kappa shape index (κ1) is 19.0. The Bertz CT molecular complexity index is 1010. The van der Waals surface area contributed by atoms with E-state index in [0.29, 0.717) is 18.8 Å². The van der Waals surface area contributed by atoms with Crippen LogP contribution in [0.25, 0.3) is 0 Å². The molecule has 1 fully saturated rings. The third-order valence-electron chi connectivity index (χ3n) is 4.25. The molecule has 1 heterocycles. The van der Waals surface area contributed by atoms with Crippen molar-refractivity contribution in [2.24, 2.45) is 0 Å². The Morgan fingerprint density at radius 1 is 1.19 bits per heavy atom. The maximum Gasteiger partial charge on any atom is 0.343 e. The molecule has 0 N–H and O–H groups in total. The van der Waals surface area contributed by atoms with Crippen molar-refractivity contribution in [3.63, 3.8) is 0 Å². The maximum atomic E-state index is 12.8. The van der Waals surface area contributed by atoms with Crippen LogP contribution in [0.2, 0.25) is 0 Å². The van der Waals surface area contributed by atoms with Gasteiger partial charge in [0.25, 0.3) is 0 Å². The van der Waals surface area contributed by atoms with Crippen LogP contribution in [-0.4, -0.2) is 45.0 Å². The molecule has 0 saturated carbocycles. The largest absolute Gasteiger partial charge is 0.422 e. The van der Waals surface area contributed by atoms with Gasteiger partial charge in [0.15, 0.2) is 0 Å². The molecule has 1 aliphatic heterocycles. The molecule has 0 spiro atoms. The fraction of sp³-hybridized carbons (Fsp3) is 0.263. The summed E-state index contributed by atoms with van der Waals surface area (Å²) >= 11 is 0. The van der Waals surface area contributed by atoms with Crippen LogP contribution in [0, 0.1) is 18.3 Å². The summed E-state index contributed by atoms with van der Waals surface area (Å²) in [5, 5.41) is 9.12. The number of benzene rings is 2. The first-order valence-electron chi connectivity index (χ1n) is 8.33. The molecule has 0 radical (unpaired) electrons. The van der Waals surface area contributed by atoms with Gasteiger partial charge < -0.3 is 9.47 Å². The number of rotatable bonds is 4. The number of hydrogen-bond acceptors (Lipinski definition) is 6. The number of nitrogens with zero attached hydrogens (tertiary/aromatic N) is 2. The lowest BCUT2D eigenvalue weighted by molar-refractivity contribution is 0.0726. The van der Waals surface area contributed by atoms with Gasteiger partial charge in [-0.2, -0.15) is 9.57 Å². The van der Waals surface area contributed by atoms with Crippen molar-refractivity contribution in [1.82, 2.24) is 4.31 Å². The highest BCUT2D eigenvalue weighted by molar-refractivity contribution is 7.89. The van der Waals surface area contributed by atoms with Crippen LogP contribution in [0.3, 0.4) is 0 Å². The zero-order valence-electron chi connectivity index (χ0n) is 14.7. The van der Waals surface area contributed by atoms with E-state index in [4.69, 9.17) is 14.7 Å². The molecule has 0 aliphatic carbocycles. The molecule has 7 nitrogen and oxygen atoms in total. The summed E-state index contributed by atoms with van der Waals surface area (Å²) in [6, 6.07) is 12.7. The summed E-state index contributed by atoms with van der Waals surface area (Å²) in [7, 11) is -3.73. The third-order valence-corrected chi connectivity index (χ3v) is 6.14. The van der Waals surface area contributed by atoms with E-state index in [0.717, 1.165) is 0 Å². The van der Waals surface area contributed by atoms with Crippen molar-refractivity contribution in [2.45, 2.75) is 11.8 Å². The highest BCUT2D eigenvalue weighted by atomic mass is 32.2. The van der Waals surface area contributed by atoms with E-state index in [9.17, 15) is 13.2 Å². The van der Waals surface area contributed by atoms with Crippen molar-refractivity contribution < 1.29 is 22.7 Å². The van der Waals surface area contributed by atoms with Crippen LogP contribution < -0.4 is 4.74 Å². The van der Waals surface area contributed by atoms with Gasteiger partial charge in [-0.3, -0.25) is 0 Å². The van der Waals surface area contributed by atoms with Crippen LogP contribution in [0.1, 0.15) is 21.5 Å². The fourth-order valence-electron chi connectivity index (χ4n) is 2.72.